The van der Waals surface area contributed by atoms with Gasteiger partial charge in [0.25, 0.3) is 0 Å². The van der Waals surface area contributed by atoms with Crippen LogP contribution in [0.5, 0.6) is 0 Å². The first kappa shape index (κ1) is 13.9. The molecule has 0 spiro atoms. The maximum Gasteiger partial charge on any atom is 0.0595 e. The third-order valence-corrected chi connectivity index (χ3v) is 4.47. The summed E-state index contributed by atoms with van der Waals surface area (Å²) in [4.78, 5) is 0. The van der Waals surface area contributed by atoms with Crippen molar-refractivity contribution in [2.75, 3.05) is 7.05 Å². The first-order valence-electron chi connectivity index (χ1n) is 5.84. The van der Waals surface area contributed by atoms with Crippen molar-refractivity contribution >= 4 is 34.5 Å². The van der Waals surface area contributed by atoms with E-state index in [1.807, 2.05) is 25.2 Å². The highest BCUT2D eigenvalue weighted by molar-refractivity contribution is 7.07. The molecule has 1 heterocycles. The van der Waals surface area contributed by atoms with Crippen molar-refractivity contribution in [2.24, 2.45) is 0 Å². The second-order valence-electron chi connectivity index (χ2n) is 4.19. The molecule has 0 aliphatic carbocycles. The summed E-state index contributed by atoms with van der Waals surface area (Å²) in [5.41, 5.74) is 2.57. The summed E-state index contributed by atoms with van der Waals surface area (Å²) >= 11 is 13.7. The Morgan fingerprint density at radius 1 is 1.22 bits per heavy atom. The van der Waals surface area contributed by atoms with Gasteiger partial charge in [0, 0.05) is 6.04 Å². The molecule has 2 rings (SSSR count). The summed E-state index contributed by atoms with van der Waals surface area (Å²) in [5, 5.41) is 8.86. The first-order chi connectivity index (χ1) is 8.70. The minimum Gasteiger partial charge on any atom is -0.313 e. The molecule has 0 saturated heterocycles. The zero-order valence-corrected chi connectivity index (χ0v) is 12.4. The fourth-order valence-electron chi connectivity index (χ4n) is 1.95. The molecule has 1 unspecified atom stereocenters. The average Bonchev–Trinajstić information content (AvgIpc) is 2.87. The van der Waals surface area contributed by atoms with Crippen LogP contribution in [-0.4, -0.2) is 7.05 Å². The topological polar surface area (TPSA) is 12.0 Å². The van der Waals surface area contributed by atoms with E-state index in [0.717, 1.165) is 12.8 Å². The van der Waals surface area contributed by atoms with Crippen LogP contribution in [0.25, 0.3) is 0 Å². The number of benzene rings is 1. The van der Waals surface area contributed by atoms with Gasteiger partial charge in [0.2, 0.25) is 0 Å². The Balaban J connectivity index is 2.05. The number of hydrogen-bond donors (Lipinski definition) is 1. The molecule has 0 aliphatic rings. The van der Waals surface area contributed by atoms with Gasteiger partial charge in [-0.2, -0.15) is 11.3 Å². The second kappa shape index (κ2) is 6.58. The second-order valence-corrected chi connectivity index (χ2v) is 5.78. The van der Waals surface area contributed by atoms with E-state index in [9.17, 15) is 0 Å². The molecule has 1 N–H and O–H groups in total. The van der Waals surface area contributed by atoms with Crippen molar-refractivity contribution in [1.82, 2.24) is 5.32 Å². The van der Waals surface area contributed by atoms with Gasteiger partial charge in [-0.05, 0) is 60.0 Å². The lowest BCUT2D eigenvalue weighted by molar-refractivity contribution is 0.550. The molecular weight excluding hydrogens is 285 g/mol. The first-order valence-corrected chi connectivity index (χ1v) is 7.54. The molecular formula is C14H15Cl2NS. The molecule has 96 valence electrons. The molecule has 0 aliphatic heterocycles. The highest BCUT2D eigenvalue weighted by atomic mass is 35.5. The summed E-state index contributed by atoms with van der Waals surface area (Å²) in [6.45, 7) is 0. The average molecular weight is 300 g/mol. The monoisotopic (exact) mass is 299 g/mol. The molecule has 4 heteroatoms. The number of nitrogens with one attached hydrogen (secondary N) is 1. The van der Waals surface area contributed by atoms with Crippen molar-refractivity contribution in [1.29, 1.82) is 0 Å². The molecule has 2 aromatic rings. The van der Waals surface area contributed by atoms with E-state index in [1.54, 1.807) is 11.3 Å². The van der Waals surface area contributed by atoms with Crippen LogP contribution in [0.2, 0.25) is 10.0 Å². The Bertz CT molecular complexity index is 497. The van der Waals surface area contributed by atoms with Crippen molar-refractivity contribution in [3.05, 3.63) is 56.2 Å². The van der Waals surface area contributed by atoms with Gasteiger partial charge in [0.05, 0.1) is 10.0 Å². The van der Waals surface area contributed by atoms with Crippen molar-refractivity contribution < 1.29 is 0 Å². The van der Waals surface area contributed by atoms with Crippen LogP contribution >= 0.6 is 34.5 Å². The molecule has 1 aromatic carbocycles. The highest BCUT2D eigenvalue weighted by Crippen LogP contribution is 2.27. The van der Waals surface area contributed by atoms with Crippen LogP contribution in [0, 0.1) is 0 Å². The predicted octanol–water partition coefficient (Wildman–Crippen LogP) is 4.95. The number of hydrogen-bond acceptors (Lipinski definition) is 2. The van der Waals surface area contributed by atoms with Gasteiger partial charge in [-0.25, -0.2) is 0 Å². The maximum absolute atomic E-state index is 6.06. The van der Waals surface area contributed by atoms with Crippen LogP contribution in [-0.2, 0) is 6.42 Å². The van der Waals surface area contributed by atoms with Gasteiger partial charge in [0.1, 0.15) is 0 Å². The molecule has 1 nitrogen and oxygen atoms in total. The zero-order chi connectivity index (χ0) is 13.0. The van der Waals surface area contributed by atoms with Crippen LogP contribution in [0.3, 0.4) is 0 Å². The van der Waals surface area contributed by atoms with Gasteiger partial charge in [-0.1, -0.05) is 29.3 Å². The van der Waals surface area contributed by atoms with Crippen LogP contribution in [0.1, 0.15) is 23.6 Å². The Kier molecular flexibility index (Phi) is 5.07. The van der Waals surface area contributed by atoms with Crippen LogP contribution in [0.15, 0.2) is 35.0 Å². The van der Waals surface area contributed by atoms with Crippen molar-refractivity contribution in [3.63, 3.8) is 0 Å². The molecule has 18 heavy (non-hydrogen) atoms. The largest absolute Gasteiger partial charge is 0.313 e. The summed E-state index contributed by atoms with van der Waals surface area (Å²) in [6.07, 6.45) is 2.11. The lowest BCUT2D eigenvalue weighted by Crippen LogP contribution is -2.17. The van der Waals surface area contributed by atoms with Gasteiger partial charge in [-0.15, -0.1) is 0 Å². The normalized spacial score (nSPS) is 12.6. The number of thiophene rings is 1. The van der Waals surface area contributed by atoms with E-state index >= 15 is 0 Å². The minimum absolute atomic E-state index is 0.305. The lowest BCUT2D eigenvalue weighted by Gasteiger charge is -2.17. The molecule has 0 bridgehead atoms. The Hall–Kier alpha value is -0.540. The highest BCUT2D eigenvalue weighted by Gasteiger charge is 2.11. The maximum atomic E-state index is 6.06. The smallest absolute Gasteiger partial charge is 0.0595 e. The number of aryl methyl sites for hydroxylation is 1. The van der Waals surface area contributed by atoms with Gasteiger partial charge < -0.3 is 5.32 Å². The van der Waals surface area contributed by atoms with E-state index in [1.165, 1.54) is 11.1 Å². The van der Waals surface area contributed by atoms with E-state index in [-0.39, 0.29) is 0 Å². The molecule has 1 aromatic heterocycles. The lowest BCUT2D eigenvalue weighted by atomic mass is 10.0. The van der Waals surface area contributed by atoms with Crippen LogP contribution < -0.4 is 5.32 Å². The Morgan fingerprint density at radius 3 is 2.67 bits per heavy atom. The van der Waals surface area contributed by atoms with E-state index in [2.05, 4.69) is 22.1 Å². The molecule has 1 atom stereocenters. The standard InChI is InChI=1S/C14H15Cl2NS/c1-17-14(5-2-10-6-7-18-9-10)11-3-4-12(15)13(16)8-11/h3-4,6-9,14,17H,2,5H2,1H3. The van der Waals surface area contributed by atoms with Gasteiger partial charge in [-0.3, -0.25) is 0 Å². The molecule has 0 amide bonds. The Morgan fingerprint density at radius 2 is 2.06 bits per heavy atom. The van der Waals surface area contributed by atoms with Crippen molar-refractivity contribution in [2.45, 2.75) is 18.9 Å². The third-order valence-electron chi connectivity index (χ3n) is 3.00. The molecule has 0 radical (unpaired) electrons. The van der Waals surface area contributed by atoms with Crippen LogP contribution in [0.4, 0.5) is 0 Å². The summed E-state index contributed by atoms with van der Waals surface area (Å²) in [6, 6.07) is 8.31. The van der Waals surface area contributed by atoms with E-state index in [0.29, 0.717) is 16.1 Å². The quantitative estimate of drug-likeness (QED) is 0.824. The van der Waals surface area contributed by atoms with Gasteiger partial charge >= 0.3 is 0 Å². The molecule has 0 saturated carbocycles. The predicted molar refractivity (Wildman–Crippen MR) is 80.9 cm³/mol. The van der Waals surface area contributed by atoms with E-state index in [4.69, 9.17) is 23.2 Å². The number of halogens is 2. The fourth-order valence-corrected chi connectivity index (χ4v) is 2.96. The fraction of sp³-hybridized carbons (Fsp3) is 0.286. The summed E-state index contributed by atoms with van der Waals surface area (Å²) < 4.78 is 0. The number of rotatable bonds is 5. The van der Waals surface area contributed by atoms with Crippen molar-refractivity contribution in [3.8, 4) is 0 Å². The SMILES string of the molecule is CNC(CCc1ccsc1)c1ccc(Cl)c(Cl)c1. The minimum atomic E-state index is 0.305. The summed E-state index contributed by atoms with van der Waals surface area (Å²) in [7, 11) is 1.97. The third kappa shape index (κ3) is 3.48. The summed E-state index contributed by atoms with van der Waals surface area (Å²) in [5.74, 6) is 0. The van der Waals surface area contributed by atoms with Gasteiger partial charge in [0.15, 0.2) is 0 Å². The van der Waals surface area contributed by atoms with E-state index < -0.39 is 0 Å². The Labute approximate surface area is 122 Å². The molecule has 0 fully saturated rings. The zero-order valence-electron chi connectivity index (χ0n) is 10.1.